The Hall–Kier alpha value is -0.240. The number of unbranched alkanes of at least 4 members (excludes halogenated alkanes) is 4. The highest BCUT2D eigenvalue weighted by Gasteiger charge is 1.93. The number of hydrogen-bond acceptors (Lipinski definition) is 6. The monoisotopic (exact) mass is 373 g/mol. The van der Waals surface area contributed by atoms with Gasteiger partial charge in [-0.25, -0.2) is 0 Å². The van der Waals surface area contributed by atoms with Crippen molar-refractivity contribution in [3.8, 4) is 0 Å². The van der Waals surface area contributed by atoms with Crippen LogP contribution in [0.5, 0.6) is 0 Å². The zero-order valence-corrected chi connectivity index (χ0v) is 17.4. The van der Waals surface area contributed by atoms with E-state index in [0.29, 0.717) is 6.54 Å². The lowest BCUT2D eigenvalue weighted by atomic mass is 10.2. The van der Waals surface area contributed by atoms with Gasteiger partial charge in [-0.1, -0.05) is 6.92 Å². The third-order valence-corrected chi connectivity index (χ3v) is 4.37. The second kappa shape index (κ2) is 24.8. The van der Waals surface area contributed by atoms with Crippen LogP contribution in [0, 0.1) is 0 Å². The van der Waals surface area contributed by atoms with Crippen LogP contribution >= 0.6 is 0 Å². The lowest BCUT2D eigenvalue weighted by Gasteiger charge is -2.07. The molecule has 0 aliphatic heterocycles. The third kappa shape index (κ3) is 23.8. The molecular weight excluding hydrogens is 326 g/mol. The molecule has 158 valence electrons. The van der Waals surface area contributed by atoms with Crippen molar-refractivity contribution in [2.45, 2.75) is 58.3 Å². The van der Waals surface area contributed by atoms with E-state index in [2.05, 4.69) is 33.5 Å². The summed E-state index contributed by atoms with van der Waals surface area (Å²) in [6, 6.07) is 0. The van der Waals surface area contributed by atoms with Crippen molar-refractivity contribution in [1.82, 2.24) is 26.6 Å². The van der Waals surface area contributed by atoms with Crippen molar-refractivity contribution < 1.29 is 5.11 Å². The topological polar surface area (TPSA) is 80.4 Å². The number of hydrogen-bond donors (Lipinski definition) is 6. The Bertz CT molecular complexity index is 220. The van der Waals surface area contributed by atoms with Gasteiger partial charge in [0.05, 0.1) is 6.61 Å². The summed E-state index contributed by atoms with van der Waals surface area (Å²) in [4.78, 5) is 0. The second-order valence-corrected chi connectivity index (χ2v) is 6.91. The first-order valence-corrected chi connectivity index (χ1v) is 11.1. The maximum atomic E-state index is 8.65. The van der Waals surface area contributed by atoms with Crippen LogP contribution in [0.4, 0.5) is 0 Å². The molecule has 0 amide bonds. The fourth-order valence-electron chi connectivity index (χ4n) is 2.76. The summed E-state index contributed by atoms with van der Waals surface area (Å²) < 4.78 is 0. The number of aliphatic hydroxyl groups is 1. The van der Waals surface area contributed by atoms with Crippen molar-refractivity contribution in [3.05, 3.63) is 0 Å². The molecule has 6 heteroatoms. The first-order valence-electron chi connectivity index (χ1n) is 11.1. The molecule has 6 N–H and O–H groups in total. The van der Waals surface area contributed by atoms with E-state index in [9.17, 15) is 0 Å². The molecule has 0 fully saturated rings. The maximum absolute atomic E-state index is 8.65. The Morgan fingerprint density at radius 2 is 0.692 bits per heavy atom. The normalized spacial score (nSPS) is 11.3. The van der Waals surface area contributed by atoms with Crippen molar-refractivity contribution in [3.63, 3.8) is 0 Å². The molecule has 0 spiro atoms. The molecule has 0 rings (SSSR count). The van der Waals surface area contributed by atoms with Gasteiger partial charge in [0.25, 0.3) is 0 Å². The van der Waals surface area contributed by atoms with Crippen LogP contribution in [0.15, 0.2) is 0 Å². The van der Waals surface area contributed by atoms with E-state index in [1.807, 2.05) is 0 Å². The summed E-state index contributed by atoms with van der Waals surface area (Å²) in [6.45, 7) is 13.2. The molecule has 0 atom stereocenters. The Labute approximate surface area is 162 Å². The highest BCUT2D eigenvalue weighted by atomic mass is 16.3. The standard InChI is InChI=1S/C20H47N5O/c1-2-21-11-3-4-12-22-13-5-6-14-23-15-7-8-16-24-17-9-10-18-25-19-20-26/h21-26H,2-20H2,1H3. The largest absolute Gasteiger partial charge is 0.395 e. The first-order chi connectivity index (χ1) is 12.9. The maximum Gasteiger partial charge on any atom is 0.0555 e. The Morgan fingerprint density at radius 1 is 0.423 bits per heavy atom. The molecule has 0 aromatic heterocycles. The van der Waals surface area contributed by atoms with E-state index in [0.717, 1.165) is 58.9 Å². The molecule has 0 unspecified atom stereocenters. The minimum atomic E-state index is 0.237. The molecule has 0 heterocycles. The minimum absolute atomic E-state index is 0.237. The summed E-state index contributed by atoms with van der Waals surface area (Å²) in [7, 11) is 0. The number of aliphatic hydroxyl groups excluding tert-OH is 1. The quantitative estimate of drug-likeness (QED) is 0.150. The predicted molar refractivity (Wildman–Crippen MR) is 114 cm³/mol. The van der Waals surface area contributed by atoms with Crippen LogP contribution in [-0.4, -0.2) is 77.2 Å². The fraction of sp³-hybridized carbons (Fsp3) is 1.00. The Morgan fingerprint density at radius 3 is 0.962 bits per heavy atom. The van der Waals surface area contributed by atoms with E-state index in [1.165, 1.54) is 51.4 Å². The Balaban J connectivity index is 2.95. The van der Waals surface area contributed by atoms with Gasteiger partial charge in [0.1, 0.15) is 0 Å². The molecule has 0 radical (unpaired) electrons. The van der Waals surface area contributed by atoms with Crippen molar-refractivity contribution in [1.29, 1.82) is 0 Å². The van der Waals surface area contributed by atoms with E-state index in [4.69, 9.17) is 5.11 Å². The lowest BCUT2D eigenvalue weighted by molar-refractivity contribution is 0.292. The smallest absolute Gasteiger partial charge is 0.0555 e. The average molecular weight is 374 g/mol. The van der Waals surface area contributed by atoms with Gasteiger partial charge in [0.15, 0.2) is 0 Å². The fourth-order valence-corrected chi connectivity index (χ4v) is 2.76. The van der Waals surface area contributed by atoms with Gasteiger partial charge in [0.2, 0.25) is 0 Å². The zero-order valence-electron chi connectivity index (χ0n) is 17.4. The van der Waals surface area contributed by atoms with E-state index >= 15 is 0 Å². The van der Waals surface area contributed by atoms with Gasteiger partial charge in [-0.05, 0) is 110 Å². The molecule has 0 aromatic rings. The molecular formula is C20H47N5O. The molecule has 0 bridgehead atoms. The highest BCUT2D eigenvalue weighted by Crippen LogP contribution is 1.90. The minimum Gasteiger partial charge on any atom is -0.395 e. The number of rotatable bonds is 23. The lowest BCUT2D eigenvalue weighted by Crippen LogP contribution is -2.23. The van der Waals surface area contributed by atoms with E-state index < -0.39 is 0 Å². The van der Waals surface area contributed by atoms with Crippen LogP contribution in [0.3, 0.4) is 0 Å². The van der Waals surface area contributed by atoms with Gasteiger partial charge in [-0.3, -0.25) is 0 Å². The van der Waals surface area contributed by atoms with E-state index in [1.54, 1.807) is 0 Å². The first kappa shape index (κ1) is 25.8. The zero-order chi connectivity index (χ0) is 19.0. The summed E-state index contributed by atoms with van der Waals surface area (Å²) in [5.41, 5.74) is 0. The molecule has 6 nitrogen and oxygen atoms in total. The molecule has 26 heavy (non-hydrogen) atoms. The molecule has 0 aromatic carbocycles. The predicted octanol–water partition coefficient (Wildman–Crippen LogP) is 1.07. The van der Waals surface area contributed by atoms with Gasteiger partial charge in [-0.2, -0.15) is 0 Å². The third-order valence-electron chi connectivity index (χ3n) is 4.37. The molecule has 0 saturated carbocycles. The van der Waals surface area contributed by atoms with Crippen LogP contribution in [0.25, 0.3) is 0 Å². The Kier molecular flexibility index (Phi) is 24.5. The molecule has 0 saturated heterocycles. The summed E-state index contributed by atoms with van der Waals surface area (Å²) in [6.07, 6.45) is 10.00. The summed E-state index contributed by atoms with van der Waals surface area (Å²) >= 11 is 0. The van der Waals surface area contributed by atoms with Crippen molar-refractivity contribution >= 4 is 0 Å². The molecule has 0 aliphatic carbocycles. The van der Waals surface area contributed by atoms with Crippen LogP contribution in [0.1, 0.15) is 58.3 Å². The van der Waals surface area contributed by atoms with E-state index in [-0.39, 0.29) is 6.61 Å². The van der Waals surface area contributed by atoms with Crippen LogP contribution in [0.2, 0.25) is 0 Å². The number of nitrogens with one attached hydrogen (secondary N) is 5. The van der Waals surface area contributed by atoms with Gasteiger partial charge >= 0.3 is 0 Å². The van der Waals surface area contributed by atoms with Gasteiger partial charge in [0, 0.05) is 6.54 Å². The SMILES string of the molecule is CCNCCCCNCCCCNCCCCNCCCCNCCO. The van der Waals surface area contributed by atoms with Gasteiger partial charge in [-0.15, -0.1) is 0 Å². The molecule has 0 aliphatic rings. The van der Waals surface area contributed by atoms with Crippen LogP contribution < -0.4 is 26.6 Å². The average Bonchev–Trinajstić information content (AvgIpc) is 2.66. The highest BCUT2D eigenvalue weighted by molar-refractivity contribution is 4.56. The van der Waals surface area contributed by atoms with Crippen LogP contribution in [-0.2, 0) is 0 Å². The summed E-state index contributed by atoms with van der Waals surface area (Å²) in [5, 5.41) is 25.8. The van der Waals surface area contributed by atoms with Gasteiger partial charge < -0.3 is 31.7 Å². The summed E-state index contributed by atoms with van der Waals surface area (Å²) in [5.74, 6) is 0. The van der Waals surface area contributed by atoms with Crippen molar-refractivity contribution in [2.24, 2.45) is 0 Å². The van der Waals surface area contributed by atoms with Crippen molar-refractivity contribution in [2.75, 3.05) is 72.1 Å². The second-order valence-electron chi connectivity index (χ2n) is 6.91.